The fraction of sp³-hybridized carbons (Fsp3) is 0.850. The summed E-state index contributed by atoms with van der Waals surface area (Å²) in [6, 6.07) is -0.00992. The maximum Gasteiger partial charge on any atom is 0.405 e. The SMILES string of the molecule is C[C@]12CCC(NC(=O)O)C=C1CC[C@@H]1[C@H]2CC[C@]2(C)C(O)CC[C@@H]12. The summed E-state index contributed by atoms with van der Waals surface area (Å²) >= 11 is 0. The minimum atomic E-state index is -0.914. The van der Waals surface area contributed by atoms with E-state index in [1.54, 1.807) is 0 Å². The second kappa shape index (κ2) is 5.48. The van der Waals surface area contributed by atoms with Gasteiger partial charge in [-0.2, -0.15) is 0 Å². The van der Waals surface area contributed by atoms with Crippen molar-refractivity contribution in [3.63, 3.8) is 0 Å². The number of aliphatic hydroxyl groups is 1. The normalized spacial score (nSPS) is 50.3. The number of carbonyl (C=O) groups is 1. The summed E-state index contributed by atoms with van der Waals surface area (Å²) in [7, 11) is 0. The number of aliphatic hydroxyl groups excluding tert-OH is 1. The second-order valence-electron chi connectivity index (χ2n) is 9.26. The number of carboxylic acid groups (broad SMARTS) is 1. The molecule has 0 heterocycles. The van der Waals surface area contributed by atoms with Crippen LogP contribution in [0.2, 0.25) is 0 Å². The van der Waals surface area contributed by atoms with Gasteiger partial charge in [0.1, 0.15) is 0 Å². The molecule has 4 nitrogen and oxygen atoms in total. The Labute approximate surface area is 144 Å². The van der Waals surface area contributed by atoms with E-state index in [9.17, 15) is 9.90 Å². The number of hydrogen-bond donors (Lipinski definition) is 3. The molecule has 0 aliphatic heterocycles. The van der Waals surface area contributed by atoms with Crippen molar-refractivity contribution in [2.24, 2.45) is 28.6 Å². The number of amides is 1. The van der Waals surface area contributed by atoms with Gasteiger partial charge in [-0.25, -0.2) is 4.79 Å². The maximum atomic E-state index is 11.0. The smallest absolute Gasteiger partial charge is 0.405 e. The van der Waals surface area contributed by atoms with Gasteiger partial charge in [0.15, 0.2) is 0 Å². The fourth-order valence-corrected chi connectivity index (χ4v) is 6.97. The standard InChI is InChI=1S/C20H31NO3/c1-19-9-7-13(21-18(23)24)11-12(19)3-4-14-15-5-6-17(22)20(15,2)10-8-16(14)19/h11,13-17,21-22H,3-10H2,1-2H3,(H,23,24)/t13?,14-,15-,16+,17?,19-,20-/m0/s1. The molecule has 4 aliphatic rings. The third kappa shape index (κ3) is 2.25. The van der Waals surface area contributed by atoms with Crippen molar-refractivity contribution in [3.8, 4) is 0 Å². The van der Waals surface area contributed by atoms with Crippen LogP contribution in [0.25, 0.3) is 0 Å². The van der Waals surface area contributed by atoms with E-state index < -0.39 is 6.09 Å². The van der Waals surface area contributed by atoms with Crippen LogP contribution in [0.15, 0.2) is 11.6 Å². The molecule has 0 radical (unpaired) electrons. The predicted molar refractivity (Wildman–Crippen MR) is 92.7 cm³/mol. The van der Waals surface area contributed by atoms with Gasteiger partial charge in [-0.3, -0.25) is 0 Å². The molecule has 0 saturated heterocycles. The molecule has 4 rings (SSSR count). The minimum Gasteiger partial charge on any atom is -0.465 e. The third-order valence-electron chi connectivity index (χ3n) is 8.37. The molecule has 24 heavy (non-hydrogen) atoms. The quantitative estimate of drug-likeness (QED) is 0.636. The average Bonchev–Trinajstić information content (AvgIpc) is 2.83. The lowest BCUT2D eigenvalue weighted by atomic mass is 9.47. The Morgan fingerprint density at radius 1 is 1.12 bits per heavy atom. The number of hydrogen-bond acceptors (Lipinski definition) is 2. The van der Waals surface area contributed by atoms with E-state index in [4.69, 9.17) is 5.11 Å². The molecule has 0 bridgehead atoms. The summed E-state index contributed by atoms with van der Waals surface area (Å²) in [6.45, 7) is 4.76. The first-order valence-corrected chi connectivity index (χ1v) is 9.73. The number of nitrogens with one attached hydrogen (secondary N) is 1. The van der Waals surface area contributed by atoms with Gasteiger partial charge in [-0.1, -0.05) is 25.5 Å². The predicted octanol–water partition coefficient (Wildman–Crippen LogP) is 3.95. The second-order valence-corrected chi connectivity index (χ2v) is 9.26. The Hall–Kier alpha value is -1.03. The summed E-state index contributed by atoms with van der Waals surface area (Å²) in [5.41, 5.74) is 1.88. The summed E-state index contributed by atoms with van der Waals surface area (Å²) < 4.78 is 0. The van der Waals surface area contributed by atoms with Crippen LogP contribution in [-0.4, -0.2) is 28.5 Å². The first kappa shape index (κ1) is 16.4. The molecule has 3 fully saturated rings. The van der Waals surface area contributed by atoms with Crippen LogP contribution in [0.3, 0.4) is 0 Å². The van der Waals surface area contributed by atoms with Crippen LogP contribution in [0.5, 0.6) is 0 Å². The first-order chi connectivity index (χ1) is 11.3. The van der Waals surface area contributed by atoms with Crippen LogP contribution in [0, 0.1) is 28.6 Å². The molecule has 4 heteroatoms. The lowest BCUT2D eigenvalue weighted by Gasteiger charge is -2.58. The van der Waals surface area contributed by atoms with Crippen molar-refractivity contribution < 1.29 is 15.0 Å². The number of allylic oxidation sites excluding steroid dienone is 1. The lowest BCUT2D eigenvalue weighted by Crippen LogP contribution is -2.52. The highest BCUT2D eigenvalue weighted by atomic mass is 16.4. The van der Waals surface area contributed by atoms with Crippen molar-refractivity contribution in [1.29, 1.82) is 0 Å². The molecule has 134 valence electrons. The van der Waals surface area contributed by atoms with E-state index in [-0.39, 0.29) is 23.0 Å². The highest BCUT2D eigenvalue weighted by Crippen LogP contribution is 2.65. The van der Waals surface area contributed by atoms with Gasteiger partial charge in [0.05, 0.1) is 12.1 Å². The van der Waals surface area contributed by atoms with Crippen LogP contribution < -0.4 is 5.32 Å². The number of fused-ring (bicyclic) bond motifs is 5. The Bertz CT molecular complexity index is 573. The van der Waals surface area contributed by atoms with Gasteiger partial charge in [-0.15, -0.1) is 0 Å². The van der Waals surface area contributed by atoms with Crippen LogP contribution in [0.1, 0.15) is 65.2 Å². The van der Waals surface area contributed by atoms with Crippen LogP contribution >= 0.6 is 0 Å². The van der Waals surface area contributed by atoms with E-state index >= 15 is 0 Å². The van der Waals surface area contributed by atoms with Crippen molar-refractivity contribution in [2.45, 2.75) is 77.4 Å². The summed E-state index contributed by atoms with van der Waals surface area (Å²) in [5, 5.41) is 22.2. The van der Waals surface area contributed by atoms with E-state index in [1.165, 1.54) is 24.8 Å². The first-order valence-electron chi connectivity index (χ1n) is 9.73. The van der Waals surface area contributed by atoms with E-state index in [0.717, 1.165) is 38.0 Å². The zero-order chi connectivity index (χ0) is 17.1. The van der Waals surface area contributed by atoms with Gasteiger partial charge < -0.3 is 15.5 Å². The lowest BCUT2D eigenvalue weighted by molar-refractivity contribution is -0.0741. The Morgan fingerprint density at radius 3 is 2.67 bits per heavy atom. The van der Waals surface area contributed by atoms with Crippen molar-refractivity contribution in [1.82, 2.24) is 5.32 Å². The summed E-state index contributed by atoms with van der Waals surface area (Å²) in [6.07, 6.45) is 10.1. The van der Waals surface area contributed by atoms with Crippen molar-refractivity contribution in [3.05, 3.63) is 11.6 Å². The average molecular weight is 333 g/mol. The van der Waals surface area contributed by atoms with E-state index in [0.29, 0.717) is 11.8 Å². The molecule has 0 spiro atoms. The Balaban J connectivity index is 1.60. The molecule has 3 saturated carbocycles. The van der Waals surface area contributed by atoms with Crippen molar-refractivity contribution >= 4 is 6.09 Å². The van der Waals surface area contributed by atoms with Gasteiger partial charge in [0.25, 0.3) is 0 Å². The van der Waals surface area contributed by atoms with E-state index in [1.807, 2.05) is 0 Å². The van der Waals surface area contributed by atoms with E-state index in [2.05, 4.69) is 25.2 Å². The minimum absolute atomic E-state index is 0.00992. The molecule has 3 N–H and O–H groups in total. The Kier molecular flexibility index (Phi) is 3.76. The van der Waals surface area contributed by atoms with Crippen molar-refractivity contribution in [2.75, 3.05) is 0 Å². The largest absolute Gasteiger partial charge is 0.465 e. The zero-order valence-corrected chi connectivity index (χ0v) is 14.9. The van der Waals surface area contributed by atoms with Gasteiger partial charge in [-0.05, 0) is 80.0 Å². The monoisotopic (exact) mass is 333 g/mol. The van der Waals surface area contributed by atoms with Gasteiger partial charge in [0.2, 0.25) is 0 Å². The molecular weight excluding hydrogens is 302 g/mol. The molecule has 1 amide bonds. The molecule has 0 aromatic rings. The Morgan fingerprint density at radius 2 is 1.92 bits per heavy atom. The van der Waals surface area contributed by atoms with Gasteiger partial charge in [0, 0.05) is 0 Å². The highest BCUT2D eigenvalue weighted by molar-refractivity contribution is 5.65. The number of rotatable bonds is 1. The molecule has 0 aromatic heterocycles. The third-order valence-corrected chi connectivity index (χ3v) is 8.37. The maximum absolute atomic E-state index is 11.0. The molecule has 7 atom stereocenters. The molecule has 4 aliphatic carbocycles. The summed E-state index contributed by atoms with van der Waals surface area (Å²) in [4.78, 5) is 11.0. The molecular formula is C20H31NO3. The zero-order valence-electron chi connectivity index (χ0n) is 14.9. The van der Waals surface area contributed by atoms with Gasteiger partial charge >= 0.3 is 6.09 Å². The molecule has 0 aromatic carbocycles. The van der Waals surface area contributed by atoms with Crippen LogP contribution in [-0.2, 0) is 0 Å². The topological polar surface area (TPSA) is 69.6 Å². The summed E-state index contributed by atoms with van der Waals surface area (Å²) in [5.74, 6) is 2.14. The van der Waals surface area contributed by atoms with Crippen LogP contribution in [0.4, 0.5) is 4.79 Å². The fourth-order valence-electron chi connectivity index (χ4n) is 6.97. The highest BCUT2D eigenvalue weighted by Gasteiger charge is 2.58. The molecule has 2 unspecified atom stereocenters.